The highest BCUT2D eigenvalue weighted by molar-refractivity contribution is 5.81. The standard InChI is InChI=1S/C15H24N4O3/c1-5-12(22-4)14(21)19-8-6-10-11(7-9-19)16-15(18(2)3)17-13(10)20/h12H,5-9H2,1-4H3,(H,16,17,20). The Hall–Kier alpha value is -1.89. The highest BCUT2D eigenvalue weighted by Gasteiger charge is 2.26. The molecule has 1 N–H and O–H groups in total. The number of aromatic amines is 1. The molecule has 1 aromatic rings. The Bertz CT molecular complexity index is 593. The molecule has 0 aromatic carbocycles. The second kappa shape index (κ2) is 6.91. The number of ether oxygens (including phenoxy) is 1. The Kier molecular flexibility index (Phi) is 5.18. The summed E-state index contributed by atoms with van der Waals surface area (Å²) in [6, 6.07) is 0. The molecule has 1 aromatic heterocycles. The fraction of sp³-hybridized carbons (Fsp3) is 0.667. The van der Waals surface area contributed by atoms with E-state index in [-0.39, 0.29) is 11.5 Å². The van der Waals surface area contributed by atoms with E-state index in [4.69, 9.17) is 4.74 Å². The van der Waals surface area contributed by atoms with Crippen molar-refractivity contribution in [2.75, 3.05) is 39.2 Å². The molecule has 0 aliphatic carbocycles. The third-order valence-corrected chi connectivity index (χ3v) is 4.00. The van der Waals surface area contributed by atoms with E-state index in [1.54, 1.807) is 16.9 Å². The van der Waals surface area contributed by atoms with Gasteiger partial charge in [0, 0.05) is 46.3 Å². The number of amides is 1. The molecule has 122 valence electrons. The number of hydrogen-bond donors (Lipinski definition) is 1. The molecular weight excluding hydrogens is 284 g/mol. The van der Waals surface area contributed by atoms with Gasteiger partial charge in [0.15, 0.2) is 0 Å². The second-order valence-corrected chi connectivity index (χ2v) is 5.67. The average molecular weight is 308 g/mol. The van der Waals surface area contributed by atoms with Crippen LogP contribution in [0.15, 0.2) is 4.79 Å². The molecule has 0 saturated heterocycles. The van der Waals surface area contributed by atoms with E-state index in [0.29, 0.717) is 43.9 Å². The van der Waals surface area contributed by atoms with Crippen LogP contribution in [0.25, 0.3) is 0 Å². The van der Waals surface area contributed by atoms with Gasteiger partial charge in [0.2, 0.25) is 5.95 Å². The van der Waals surface area contributed by atoms with Gasteiger partial charge in [-0.1, -0.05) is 6.92 Å². The topological polar surface area (TPSA) is 78.5 Å². The first-order valence-corrected chi connectivity index (χ1v) is 7.58. The van der Waals surface area contributed by atoms with Gasteiger partial charge in [-0.25, -0.2) is 4.98 Å². The summed E-state index contributed by atoms with van der Waals surface area (Å²) in [6.07, 6.45) is 1.34. The molecule has 1 amide bonds. The summed E-state index contributed by atoms with van der Waals surface area (Å²) >= 11 is 0. The molecule has 0 radical (unpaired) electrons. The maximum absolute atomic E-state index is 12.4. The molecule has 7 heteroatoms. The van der Waals surface area contributed by atoms with E-state index in [2.05, 4.69) is 9.97 Å². The molecule has 2 heterocycles. The van der Waals surface area contributed by atoms with Gasteiger partial charge >= 0.3 is 0 Å². The smallest absolute Gasteiger partial charge is 0.255 e. The van der Waals surface area contributed by atoms with Gasteiger partial charge < -0.3 is 14.5 Å². The Morgan fingerprint density at radius 1 is 1.41 bits per heavy atom. The lowest BCUT2D eigenvalue weighted by Crippen LogP contribution is -2.41. The summed E-state index contributed by atoms with van der Waals surface area (Å²) in [4.78, 5) is 35.5. The van der Waals surface area contributed by atoms with Crippen LogP contribution in [0.5, 0.6) is 0 Å². The molecule has 7 nitrogen and oxygen atoms in total. The predicted octanol–water partition coefficient (Wildman–Crippen LogP) is 0.188. The number of H-pyrrole nitrogens is 1. The van der Waals surface area contributed by atoms with Crippen molar-refractivity contribution >= 4 is 11.9 Å². The molecule has 1 atom stereocenters. The molecule has 0 saturated carbocycles. The second-order valence-electron chi connectivity index (χ2n) is 5.67. The van der Waals surface area contributed by atoms with Crippen molar-refractivity contribution in [2.45, 2.75) is 32.3 Å². The van der Waals surface area contributed by atoms with E-state index in [0.717, 1.165) is 5.69 Å². The maximum atomic E-state index is 12.4. The monoisotopic (exact) mass is 308 g/mol. The first kappa shape index (κ1) is 16.5. The van der Waals surface area contributed by atoms with Crippen LogP contribution in [0.2, 0.25) is 0 Å². The molecule has 1 unspecified atom stereocenters. The molecular formula is C15H24N4O3. The normalized spacial score (nSPS) is 15.9. The Balaban J connectivity index is 2.21. The summed E-state index contributed by atoms with van der Waals surface area (Å²) in [7, 11) is 5.22. The summed E-state index contributed by atoms with van der Waals surface area (Å²) in [5, 5.41) is 0. The van der Waals surface area contributed by atoms with Gasteiger partial charge in [-0.3, -0.25) is 14.6 Å². The maximum Gasteiger partial charge on any atom is 0.255 e. The number of hydrogen-bond acceptors (Lipinski definition) is 5. The van der Waals surface area contributed by atoms with Crippen LogP contribution >= 0.6 is 0 Å². The predicted molar refractivity (Wildman–Crippen MR) is 84.3 cm³/mol. The molecule has 1 aliphatic heterocycles. The quantitative estimate of drug-likeness (QED) is 0.859. The number of nitrogens with zero attached hydrogens (tertiary/aromatic N) is 3. The van der Waals surface area contributed by atoms with Gasteiger partial charge in [-0.15, -0.1) is 0 Å². The lowest BCUT2D eigenvalue weighted by atomic mass is 10.1. The Morgan fingerprint density at radius 2 is 2.09 bits per heavy atom. The summed E-state index contributed by atoms with van der Waals surface area (Å²) in [5.74, 6) is 0.536. The van der Waals surface area contributed by atoms with Gasteiger partial charge in [-0.2, -0.15) is 0 Å². The van der Waals surface area contributed by atoms with Crippen molar-refractivity contribution in [1.29, 1.82) is 0 Å². The van der Waals surface area contributed by atoms with Crippen molar-refractivity contribution in [3.63, 3.8) is 0 Å². The number of carbonyl (C=O) groups is 1. The van der Waals surface area contributed by atoms with E-state index in [9.17, 15) is 9.59 Å². The number of carbonyl (C=O) groups excluding carboxylic acids is 1. The third kappa shape index (κ3) is 3.30. The van der Waals surface area contributed by atoms with E-state index < -0.39 is 6.10 Å². The van der Waals surface area contributed by atoms with Crippen molar-refractivity contribution in [2.24, 2.45) is 0 Å². The summed E-state index contributed by atoms with van der Waals surface area (Å²) in [6.45, 7) is 3.01. The molecule has 1 aliphatic rings. The van der Waals surface area contributed by atoms with E-state index >= 15 is 0 Å². The highest BCUT2D eigenvalue weighted by Crippen LogP contribution is 2.14. The third-order valence-electron chi connectivity index (χ3n) is 4.00. The van der Waals surface area contributed by atoms with Gasteiger partial charge in [-0.05, 0) is 12.8 Å². The fourth-order valence-electron chi connectivity index (χ4n) is 2.67. The van der Waals surface area contributed by atoms with E-state index in [1.807, 2.05) is 21.0 Å². The minimum atomic E-state index is -0.412. The molecule has 0 spiro atoms. The highest BCUT2D eigenvalue weighted by atomic mass is 16.5. The van der Waals surface area contributed by atoms with Crippen molar-refractivity contribution < 1.29 is 9.53 Å². The Labute approximate surface area is 130 Å². The fourth-order valence-corrected chi connectivity index (χ4v) is 2.67. The number of nitrogens with one attached hydrogen (secondary N) is 1. The van der Waals surface area contributed by atoms with Crippen LogP contribution in [0, 0.1) is 0 Å². The number of rotatable bonds is 4. The van der Waals surface area contributed by atoms with Gasteiger partial charge in [0.1, 0.15) is 6.10 Å². The lowest BCUT2D eigenvalue weighted by molar-refractivity contribution is -0.142. The SMILES string of the molecule is CCC(OC)C(=O)N1CCc2nc(N(C)C)[nH]c(=O)c2CC1. The van der Waals surface area contributed by atoms with Crippen LogP contribution in [0.3, 0.4) is 0 Å². The lowest BCUT2D eigenvalue weighted by Gasteiger charge is -2.24. The van der Waals surface area contributed by atoms with Gasteiger partial charge in [0.05, 0.1) is 5.69 Å². The minimum Gasteiger partial charge on any atom is -0.372 e. The Morgan fingerprint density at radius 3 is 2.68 bits per heavy atom. The van der Waals surface area contributed by atoms with Crippen molar-refractivity contribution in [3.05, 3.63) is 21.6 Å². The van der Waals surface area contributed by atoms with Gasteiger partial charge in [0.25, 0.3) is 11.5 Å². The largest absolute Gasteiger partial charge is 0.372 e. The van der Waals surface area contributed by atoms with Crippen LogP contribution in [0.1, 0.15) is 24.6 Å². The minimum absolute atomic E-state index is 0.0120. The van der Waals surface area contributed by atoms with Crippen molar-refractivity contribution in [3.8, 4) is 0 Å². The summed E-state index contributed by atoms with van der Waals surface area (Å²) < 4.78 is 5.23. The number of aromatic nitrogens is 2. The first-order chi connectivity index (χ1) is 10.5. The van der Waals surface area contributed by atoms with Crippen molar-refractivity contribution in [1.82, 2.24) is 14.9 Å². The average Bonchev–Trinajstić information content (AvgIpc) is 2.71. The van der Waals surface area contributed by atoms with E-state index in [1.165, 1.54) is 0 Å². The molecule has 0 fully saturated rings. The molecule has 22 heavy (non-hydrogen) atoms. The zero-order valence-electron chi connectivity index (χ0n) is 13.7. The van der Waals surface area contributed by atoms with Crippen LogP contribution in [-0.2, 0) is 22.4 Å². The zero-order valence-corrected chi connectivity index (χ0v) is 13.7. The van der Waals surface area contributed by atoms with Crippen LogP contribution in [-0.4, -0.2) is 61.2 Å². The zero-order chi connectivity index (χ0) is 16.3. The summed E-state index contributed by atoms with van der Waals surface area (Å²) in [5.41, 5.74) is 1.36. The van der Waals surface area contributed by atoms with Crippen LogP contribution < -0.4 is 10.5 Å². The number of anilines is 1. The first-order valence-electron chi connectivity index (χ1n) is 7.58. The van der Waals surface area contributed by atoms with Crippen LogP contribution in [0.4, 0.5) is 5.95 Å². The number of methoxy groups -OCH3 is 1. The number of fused-ring (bicyclic) bond motifs is 1. The molecule has 2 rings (SSSR count). The molecule has 0 bridgehead atoms.